The summed E-state index contributed by atoms with van der Waals surface area (Å²) in [5.41, 5.74) is 6.29. The number of rotatable bonds is 6. The zero-order chi connectivity index (χ0) is 15.8. The number of carbonyl (C=O) groups is 2. The van der Waals surface area contributed by atoms with Crippen molar-refractivity contribution in [3.05, 3.63) is 23.7 Å². The van der Waals surface area contributed by atoms with Gasteiger partial charge in [-0.2, -0.15) is 10.2 Å². The van der Waals surface area contributed by atoms with Crippen LogP contribution in [-0.4, -0.2) is 23.2 Å². The molecule has 1 aromatic rings. The van der Waals surface area contributed by atoms with E-state index in [9.17, 15) is 9.59 Å². The zero-order valence-corrected chi connectivity index (χ0v) is 12.7. The molecular weight excluding hydrogens is 272 g/mol. The second-order valence-corrected chi connectivity index (χ2v) is 4.45. The van der Waals surface area contributed by atoms with Gasteiger partial charge in [0.25, 0.3) is 0 Å². The van der Waals surface area contributed by atoms with Crippen molar-refractivity contribution in [2.45, 2.75) is 40.5 Å². The lowest BCUT2D eigenvalue weighted by atomic mass is 10.3. The summed E-state index contributed by atoms with van der Waals surface area (Å²) in [6, 6.07) is 2.83. The van der Waals surface area contributed by atoms with E-state index in [0.29, 0.717) is 0 Å². The van der Waals surface area contributed by atoms with Crippen LogP contribution in [0.4, 0.5) is 0 Å². The molecule has 1 heterocycles. The zero-order valence-electron chi connectivity index (χ0n) is 12.7. The average Bonchev–Trinajstić information content (AvgIpc) is 2.99. The molecule has 0 aliphatic carbocycles. The van der Waals surface area contributed by atoms with Crippen LogP contribution in [0.3, 0.4) is 0 Å². The van der Waals surface area contributed by atoms with Crippen LogP contribution in [0.5, 0.6) is 0 Å². The van der Waals surface area contributed by atoms with Gasteiger partial charge in [-0.3, -0.25) is 9.59 Å². The Morgan fingerprint density at radius 2 is 1.33 bits per heavy atom. The lowest BCUT2D eigenvalue weighted by molar-refractivity contribution is 0.0902. The van der Waals surface area contributed by atoms with E-state index in [1.54, 1.807) is 13.8 Å². The van der Waals surface area contributed by atoms with Gasteiger partial charge in [0, 0.05) is 11.4 Å². The topological polar surface area (TPSA) is 96.1 Å². The molecule has 2 amide bonds. The van der Waals surface area contributed by atoms with Crippen LogP contribution >= 0.6 is 0 Å². The molecule has 0 fully saturated rings. The number of hydrogen-bond acceptors (Lipinski definition) is 5. The Bertz CT molecular complexity index is 524. The third kappa shape index (κ3) is 5.21. The minimum absolute atomic E-state index is 0.0176. The first-order valence-corrected chi connectivity index (χ1v) is 6.74. The maximum absolute atomic E-state index is 11.7. The van der Waals surface area contributed by atoms with E-state index >= 15 is 0 Å². The largest absolute Gasteiger partial charge is 0.446 e. The van der Waals surface area contributed by atoms with Gasteiger partial charge < -0.3 is 4.42 Å². The monoisotopic (exact) mass is 292 g/mol. The Morgan fingerprint density at radius 3 is 1.67 bits per heavy atom. The summed E-state index contributed by atoms with van der Waals surface area (Å²) in [7, 11) is 0. The van der Waals surface area contributed by atoms with Crippen molar-refractivity contribution in [1.29, 1.82) is 0 Å². The van der Waals surface area contributed by atoms with Gasteiger partial charge in [0.05, 0.1) is 0 Å². The molecule has 1 rings (SSSR count). The molecule has 0 saturated heterocycles. The highest BCUT2D eigenvalue weighted by molar-refractivity contribution is 5.96. The summed E-state index contributed by atoms with van der Waals surface area (Å²) in [6.07, 6.45) is 1.47. The predicted molar refractivity (Wildman–Crippen MR) is 80.4 cm³/mol. The van der Waals surface area contributed by atoms with Gasteiger partial charge in [-0.15, -0.1) is 0 Å². The summed E-state index contributed by atoms with van der Waals surface area (Å²) in [5, 5.41) is 7.76. The van der Waals surface area contributed by atoms with E-state index in [1.807, 2.05) is 13.8 Å². The Labute approximate surface area is 123 Å². The lowest BCUT2D eigenvalue weighted by Crippen LogP contribution is -2.19. The average molecular weight is 292 g/mol. The van der Waals surface area contributed by atoms with Crippen molar-refractivity contribution in [3.8, 4) is 0 Å². The van der Waals surface area contributed by atoms with Gasteiger partial charge in [-0.05, 0) is 38.8 Å². The van der Waals surface area contributed by atoms with Gasteiger partial charge in [-0.25, -0.2) is 10.9 Å². The molecule has 0 bridgehead atoms. The van der Waals surface area contributed by atoms with Crippen molar-refractivity contribution in [1.82, 2.24) is 10.9 Å². The number of hydrazone groups is 2. The number of amides is 2. The molecule has 0 aliphatic heterocycles. The standard InChI is InChI=1S/C14H20N4O3/c1-5-9(3)15-17-13(19)11-7-8-12(21-11)14(20)18-16-10(4)6-2/h7-8H,5-6H2,1-4H3,(H,17,19)(H,18,20)/b15-9-,16-10-. The lowest BCUT2D eigenvalue weighted by Gasteiger charge is -1.99. The molecule has 0 saturated carbocycles. The fraction of sp³-hybridized carbons (Fsp3) is 0.429. The number of nitrogens with one attached hydrogen (secondary N) is 2. The molecule has 2 N–H and O–H groups in total. The summed E-state index contributed by atoms with van der Waals surface area (Å²) in [4.78, 5) is 23.5. The quantitative estimate of drug-likeness (QED) is 0.622. The molecule has 0 atom stereocenters. The highest BCUT2D eigenvalue weighted by atomic mass is 16.4. The fourth-order valence-electron chi connectivity index (χ4n) is 1.14. The van der Waals surface area contributed by atoms with Crippen molar-refractivity contribution in [2.24, 2.45) is 10.2 Å². The van der Waals surface area contributed by atoms with E-state index in [2.05, 4.69) is 21.1 Å². The Hall–Kier alpha value is -2.44. The van der Waals surface area contributed by atoms with Gasteiger partial charge in [-0.1, -0.05) is 13.8 Å². The summed E-state index contributed by atoms with van der Waals surface area (Å²) in [5.74, 6) is -0.974. The molecule has 0 radical (unpaired) electrons. The van der Waals surface area contributed by atoms with Crippen LogP contribution in [0.15, 0.2) is 26.8 Å². The number of nitrogens with zero attached hydrogens (tertiary/aromatic N) is 2. The number of furan rings is 1. The molecule has 0 unspecified atom stereocenters. The van der Waals surface area contributed by atoms with Gasteiger partial charge >= 0.3 is 11.8 Å². The predicted octanol–water partition coefficient (Wildman–Crippen LogP) is 2.31. The normalized spacial score (nSPS) is 12.2. The molecule has 21 heavy (non-hydrogen) atoms. The third-order valence-corrected chi connectivity index (χ3v) is 2.77. The number of hydrogen-bond donors (Lipinski definition) is 2. The molecule has 1 aromatic heterocycles. The first-order valence-electron chi connectivity index (χ1n) is 6.74. The number of carbonyl (C=O) groups excluding carboxylic acids is 2. The highest BCUT2D eigenvalue weighted by Crippen LogP contribution is 2.08. The first kappa shape index (κ1) is 16.6. The van der Waals surface area contributed by atoms with Crippen LogP contribution < -0.4 is 10.9 Å². The molecule has 114 valence electrons. The Kier molecular flexibility index (Phi) is 6.32. The first-order chi connectivity index (χ1) is 9.97. The maximum Gasteiger partial charge on any atom is 0.307 e. The fourth-order valence-corrected chi connectivity index (χ4v) is 1.14. The van der Waals surface area contributed by atoms with E-state index in [4.69, 9.17) is 4.42 Å². The van der Waals surface area contributed by atoms with Crippen LogP contribution in [0.1, 0.15) is 61.6 Å². The summed E-state index contributed by atoms with van der Waals surface area (Å²) < 4.78 is 5.18. The molecule has 7 nitrogen and oxygen atoms in total. The third-order valence-electron chi connectivity index (χ3n) is 2.77. The van der Waals surface area contributed by atoms with Crippen LogP contribution in [0.2, 0.25) is 0 Å². The summed E-state index contributed by atoms with van der Waals surface area (Å²) in [6.45, 7) is 7.46. The SMILES string of the molecule is CC/C(C)=N\NC(=O)c1ccc(C(=O)N/N=C(/C)CC)o1. The minimum Gasteiger partial charge on any atom is -0.446 e. The molecular formula is C14H20N4O3. The van der Waals surface area contributed by atoms with Crippen LogP contribution in [0.25, 0.3) is 0 Å². The second kappa shape index (κ2) is 7.98. The van der Waals surface area contributed by atoms with Crippen molar-refractivity contribution >= 4 is 23.2 Å². The van der Waals surface area contributed by atoms with Gasteiger partial charge in [0.1, 0.15) is 0 Å². The second-order valence-electron chi connectivity index (χ2n) is 4.45. The maximum atomic E-state index is 11.7. The molecule has 7 heteroatoms. The Morgan fingerprint density at radius 1 is 0.952 bits per heavy atom. The highest BCUT2D eigenvalue weighted by Gasteiger charge is 2.15. The minimum atomic E-state index is -0.505. The van der Waals surface area contributed by atoms with E-state index in [-0.39, 0.29) is 11.5 Å². The summed E-state index contributed by atoms with van der Waals surface area (Å²) >= 11 is 0. The molecule has 0 aromatic carbocycles. The van der Waals surface area contributed by atoms with Crippen molar-refractivity contribution in [2.75, 3.05) is 0 Å². The molecule has 0 spiro atoms. The van der Waals surface area contributed by atoms with Crippen LogP contribution in [-0.2, 0) is 0 Å². The van der Waals surface area contributed by atoms with Crippen LogP contribution in [0, 0.1) is 0 Å². The van der Waals surface area contributed by atoms with Gasteiger partial charge in [0.15, 0.2) is 11.5 Å². The van der Waals surface area contributed by atoms with Crippen molar-refractivity contribution < 1.29 is 14.0 Å². The van der Waals surface area contributed by atoms with E-state index in [0.717, 1.165) is 24.3 Å². The Balaban J connectivity index is 2.68. The van der Waals surface area contributed by atoms with E-state index < -0.39 is 11.8 Å². The smallest absolute Gasteiger partial charge is 0.307 e. The van der Waals surface area contributed by atoms with Gasteiger partial charge in [0.2, 0.25) is 0 Å². The van der Waals surface area contributed by atoms with E-state index in [1.165, 1.54) is 12.1 Å². The molecule has 0 aliphatic rings. The van der Waals surface area contributed by atoms with Crippen molar-refractivity contribution in [3.63, 3.8) is 0 Å².